The fourth-order valence-electron chi connectivity index (χ4n) is 3.08. The van der Waals surface area contributed by atoms with Gasteiger partial charge in [0.15, 0.2) is 6.10 Å². The van der Waals surface area contributed by atoms with Gasteiger partial charge in [-0.2, -0.15) is 13.2 Å². The second-order valence-electron chi connectivity index (χ2n) is 7.10. The zero-order valence-electron chi connectivity index (χ0n) is 17.0. The number of hydrogen-bond donors (Lipinski definition) is 2. The highest BCUT2D eigenvalue weighted by Gasteiger charge is 2.32. The second kappa shape index (κ2) is 9.66. The SMILES string of the molecule is CC(OC(=O)c1ccc(Cl)c(N)c1)C(=O)Nc1cc(C(F)(F)F)ccc1N1CCOCC1. The molecule has 1 fully saturated rings. The van der Waals surface area contributed by atoms with Crippen LogP contribution in [0.5, 0.6) is 0 Å². The fourth-order valence-corrected chi connectivity index (χ4v) is 3.20. The molecule has 2 aromatic rings. The van der Waals surface area contributed by atoms with E-state index in [1.54, 1.807) is 0 Å². The number of carbonyl (C=O) groups is 2. The lowest BCUT2D eigenvalue weighted by atomic mass is 10.1. The third kappa shape index (κ3) is 5.63. The monoisotopic (exact) mass is 471 g/mol. The number of morpholine rings is 1. The number of hydrogen-bond acceptors (Lipinski definition) is 6. The highest BCUT2D eigenvalue weighted by molar-refractivity contribution is 6.33. The van der Waals surface area contributed by atoms with E-state index >= 15 is 0 Å². The fraction of sp³-hybridized carbons (Fsp3) is 0.333. The lowest BCUT2D eigenvalue weighted by molar-refractivity contribution is -0.137. The number of ether oxygens (including phenoxy) is 2. The van der Waals surface area contributed by atoms with Crippen molar-refractivity contribution in [1.82, 2.24) is 0 Å². The van der Waals surface area contributed by atoms with Crippen molar-refractivity contribution in [2.75, 3.05) is 42.3 Å². The van der Waals surface area contributed by atoms with Crippen molar-refractivity contribution in [3.63, 3.8) is 0 Å². The first kappa shape index (κ1) is 23.7. The third-order valence-electron chi connectivity index (χ3n) is 4.82. The molecule has 3 rings (SSSR count). The van der Waals surface area contributed by atoms with Crippen molar-refractivity contribution >= 4 is 40.5 Å². The van der Waals surface area contributed by atoms with Gasteiger partial charge in [-0.05, 0) is 43.3 Å². The van der Waals surface area contributed by atoms with E-state index in [1.807, 2.05) is 4.90 Å². The highest BCUT2D eigenvalue weighted by atomic mass is 35.5. The first-order valence-electron chi connectivity index (χ1n) is 9.67. The van der Waals surface area contributed by atoms with Crippen LogP contribution in [0.4, 0.5) is 30.2 Å². The maximum absolute atomic E-state index is 13.2. The van der Waals surface area contributed by atoms with Crippen LogP contribution in [0.25, 0.3) is 0 Å². The minimum atomic E-state index is -4.59. The summed E-state index contributed by atoms with van der Waals surface area (Å²) in [5.74, 6) is -1.61. The van der Waals surface area contributed by atoms with Gasteiger partial charge < -0.3 is 25.4 Å². The van der Waals surface area contributed by atoms with Crippen LogP contribution in [0, 0.1) is 0 Å². The Morgan fingerprint density at radius 3 is 2.50 bits per heavy atom. The van der Waals surface area contributed by atoms with Gasteiger partial charge in [-0.3, -0.25) is 4.79 Å². The van der Waals surface area contributed by atoms with E-state index in [-0.39, 0.29) is 22.0 Å². The number of halogens is 4. The van der Waals surface area contributed by atoms with Gasteiger partial charge in [0.1, 0.15) is 0 Å². The van der Waals surface area contributed by atoms with Gasteiger partial charge in [0.05, 0.1) is 46.4 Å². The molecule has 1 aliphatic rings. The molecule has 1 saturated heterocycles. The Balaban J connectivity index is 1.78. The molecule has 11 heteroatoms. The molecule has 0 aromatic heterocycles. The number of rotatable bonds is 5. The molecule has 1 heterocycles. The van der Waals surface area contributed by atoms with Crippen LogP contribution in [-0.4, -0.2) is 44.3 Å². The Labute approximate surface area is 187 Å². The van der Waals surface area contributed by atoms with Crippen molar-refractivity contribution < 1.29 is 32.2 Å². The topological polar surface area (TPSA) is 93.9 Å². The van der Waals surface area contributed by atoms with Crippen LogP contribution in [0.2, 0.25) is 5.02 Å². The summed E-state index contributed by atoms with van der Waals surface area (Å²) in [7, 11) is 0. The van der Waals surface area contributed by atoms with Crippen molar-refractivity contribution in [3.05, 3.63) is 52.5 Å². The number of nitrogens with zero attached hydrogens (tertiary/aromatic N) is 1. The number of esters is 1. The summed E-state index contributed by atoms with van der Waals surface area (Å²) in [6.45, 7) is 3.04. The molecular weight excluding hydrogens is 451 g/mol. The van der Waals surface area contributed by atoms with E-state index in [1.165, 1.54) is 31.2 Å². The molecular formula is C21H21ClF3N3O4. The van der Waals surface area contributed by atoms with Gasteiger partial charge in [-0.1, -0.05) is 11.6 Å². The molecule has 1 aliphatic heterocycles. The zero-order chi connectivity index (χ0) is 23.5. The number of nitrogens with one attached hydrogen (secondary N) is 1. The predicted molar refractivity (Wildman–Crippen MR) is 114 cm³/mol. The van der Waals surface area contributed by atoms with Crippen molar-refractivity contribution in [2.24, 2.45) is 0 Å². The quantitative estimate of drug-likeness (QED) is 0.506. The van der Waals surface area contributed by atoms with Gasteiger partial charge in [0, 0.05) is 13.1 Å². The minimum Gasteiger partial charge on any atom is -0.449 e. The van der Waals surface area contributed by atoms with Gasteiger partial charge >= 0.3 is 12.1 Å². The predicted octanol–water partition coefficient (Wildman–Crippen LogP) is 3.96. The second-order valence-corrected chi connectivity index (χ2v) is 7.51. The number of alkyl halides is 3. The Bertz CT molecular complexity index is 1010. The Hall–Kier alpha value is -2.98. The number of benzene rings is 2. The lowest BCUT2D eigenvalue weighted by Crippen LogP contribution is -2.37. The summed E-state index contributed by atoms with van der Waals surface area (Å²) >= 11 is 5.82. The highest BCUT2D eigenvalue weighted by Crippen LogP contribution is 2.36. The number of carbonyl (C=O) groups excluding carboxylic acids is 2. The van der Waals surface area contributed by atoms with Crippen LogP contribution < -0.4 is 16.0 Å². The van der Waals surface area contributed by atoms with Crippen LogP contribution in [0.15, 0.2) is 36.4 Å². The van der Waals surface area contributed by atoms with Gasteiger partial charge in [-0.25, -0.2) is 4.79 Å². The average molecular weight is 472 g/mol. The van der Waals surface area contributed by atoms with E-state index in [2.05, 4.69) is 5.32 Å². The van der Waals surface area contributed by atoms with Crippen molar-refractivity contribution in [3.8, 4) is 0 Å². The van der Waals surface area contributed by atoms with Gasteiger partial charge in [0.2, 0.25) is 0 Å². The molecule has 0 bridgehead atoms. The molecule has 0 radical (unpaired) electrons. The number of amides is 1. The van der Waals surface area contributed by atoms with Crippen LogP contribution in [0.1, 0.15) is 22.8 Å². The molecule has 7 nitrogen and oxygen atoms in total. The molecule has 0 spiro atoms. The summed E-state index contributed by atoms with van der Waals surface area (Å²) in [4.78, 5) is 26.8. The molecule has 0 aliphatic carbocycles. The van der Waals surface area contributed by atoms with Gasteiger partial charge in [0.25, 0.3) is 5.91 Å². The molecule has 32 heavy (non-hydrogen) atoms. The summed E-state index contributed by atoms with van der Waals surface area (Å²) in [5, 5.41) is 2.71. The van der Waals surface area contributed by atoms with E-state index in [0.717, 1.165) is 12.1 Å². The molecule has 1 atom stereocenters. The molecule has 1 unspecified atom stereocenters. The Morgan fingerprint density at radius 1 is 1.19 bits per heavy atom. The number of nitrogens with two attached hydrogens (primary N) is 1. The lowest BCUT2D eigenvalue weighted by Gasteiger charge is -2.31. The average Bonchev–Trinajstić information content (AvgIpc) is 2.75. The largest absolute Gasteiger partial charge is 0.449 e. The minimum absolute atomic E-state index is 0.0367. The Kier molecular flexibility index (Phi) is 7.15. The van der Waals surface area contributed by atoms with E-state index in [0.29, 0.717) is 32.0 Å². The zero-order valence-corrected chi connectivity index (χ0v) is 17.8. The molecule has 172 valence electrons. The van der Waals surface area contributed by atoms with E-state index in [4.69, 9.17) is 26.8 Å². The van der Waals surface area contributed by atoms with E-state index in [9.17, 15) is 22.8 Å². The van der Waals surface area contributed by atoms with Crippen molar-refractivity contribution in [1.29, 1.82) is 0 Å². The standard InChI is InChI=1S/C21H21ClF3N3O4/c1-12(32-20(30)13-2-4-15(22)16(26)10-13)19(29)27-17-11-14(21(23,24)25)3-5-18(17)28-6-8-31-9-7-28/h2-5,10-12H,6-9,26H2,1H3,(H,27,29). The summed E-state index contributed by atoms with van der Waals surface area (Å²) < 4.78 is 50.1. The normalized spacial score (nSPS) is 15.2. The van der Waals surface area contributed by atoms with Crippen LogP contribution in [0.3, 0.4) is 0 Å². The first-order chi connectivity index (χ1) is 15.1. The van der Waals surface area contributed by atoms with Crippen LogP contribution in [-0.2, 0) is 20.4 Å². The maximum Gasteiger partial charge on any atom is 0.416 e. The van der Waals surface area contributed by atoms with Crippen molar-refractivity contribution in [2.45, 2.75) is 19.2 Å². The maximum atomic E-state index is 13.2. The smallest absolute Gasteiger partial charge is 0.416 e. The molecule has 3 N–H and O–H groups in total. The van der Waals surface area contributed by atoms with Gasteiger partial charge in [-0.15, -0.1) is 0 Å². The summed E-state index contributed by atoms with van der Waals surface area (Å²) in [5.41, 5.74) is 5.38. The first-order valence-corrected chi connectivity index (χ1v) is 10.0. The third-order valence-corrected chi connectivity index (χ3v) is 5.16. The molecule has 2 aromatic carbocycles. The Morgan fingerprint density at radius 2 is 1.88 bits per heavy atom. The molecule has 0 saturated carbocycles. The summed E-state index contributed by atoms with van der Waals surface area (Å²) in [6.07, 6.45) is -5.87. The summed E-state index contributed by atoms with van der Waals surface area (Å²) in [6, 6.07) is 7.21. The van der Waals surface area contributed by atoms with Crippen LogP contribution >= 0.6 is 11.6 Å². The number of nitrogen functional groups attached to an aromatic ring is 1. The number of anilines is 3. The molecule has 1 amide bonds. The van der Waals surface area contributed by atoms with E-state index < -0.39 is 29.7 Å².